The lowest BCUT2D eigenvalue weighted by Gasteiger charge is -2.03. The average Bonchev–Trinajstić information content (AvgIpc) is 3.21. The lowest BCUT2D eigenvalue weighted by Crippen LogP contribution is -2.25. The second kappa shape index (κ2) is 6.18. The van der Waals surface area contributed by atoms with E-state index in [9.17, 15) is 4.79 Å². The summed E-state index contributed by atoms with van der Waals surface area (Å²) in [6.07, 6.45) is 5.29. The summed E-state index contributed by atoms with van der Waals surface area (Å²) in [5, 5.41) is 2.88. The van der Waals surface area contributed by atoms with Gasteiger partial charge in [0.15, 0.2) is 0 Å². The van der Waals surface area contributed by atoms with Crippen molar-refractivity contribution < 1.29 is 4.79 Å². The van der Waals surface area contributed by atoms with Crippen LogP contribution >= 0.6 is 0 Å². The lowest BCUT2D eigenvalue weighted by atomic mass is 10.2. The van der Waals surface area contributed by atoms with Crippen LogP contribution in [0.4, 0.5) is 0 Å². The van der Waals surface area contributed by atoms with E-state index in [2.05, 4.69) is 22.1 Å². The van der Waals surface area contributed by atoms with Gasteiger partial charge in [-0.15, -0.1) is 0 Å². The third kappa shape index (κ3) is 3.86. The molecule has 0 saturated heterocycles. The van der Waals surface area contributed by atoms with E-state index in [1.807, 2.05) is 0 Å². The highest BCUT2D eigenvalue weighted by molar-refractivity contribution is 5.92. The topological polar surface area (TPSA) is 68.0 Å². The van der Waals surface area contributed by atoms with Crippen LogP contribution in [-0.4, -0.2) is 24.0 Å². The molecule has 0 radical (unpaired) electrons. The van der Waals surface area contributed by atoms with Crippen molar-refractivity contribution in [3.8, 4) is 11.8 Å². The molecule has 1 aliphatic carbocycles. The molecular formula is C14H17N3O. The van der Waals surface area contributed by atoms with E-state index < -0.39 is 0 Å². The molecule has 1 aliphatic rings. The molecule has 1 fully saturated rings. The molecular weight excluding hydrogens is 226 g/mol. The molecule has 1 amide bonds. The molecule has 3 N–H and O–H groups in total. The van der Waals surface area contributed by atoms with E-state index in [1.54, 1.807) is 18.3 Å². The van der Waals surface area contributed by atoms with Gasteiger partial charge in [0.2, 0.25) is 0 Å². The summed E-state index contributed by atoms with van der Waals surface area (Å²) >= 11 is 0. The number of carbonyl (C=O) groups excluding carboxylic acids is 1. The zero-order valence-electron chi connectivity index (χ0n) is 10.3. The Bertz CT molecular complexity index is 466. The Labute approximate surface area is 107 Å². The molecule has 0 atom stereocenters. The monoisotopic (exact) mass is 243 g/mol. The fraction of sp³-hybridized carbons (Fsp3) is 0.429. The molecule has 4 heteroatoms. The van der Waals surface area contributed by atoms with Crippen molar-refractivity contribution in [3.63, 3.8) is 0 Å². The number of nitrogens with zero attached hydrogens (tertiary/aromatic N) is 1. The molecule has 1 aromatic rings. The van der Waals surface area contributed by atoms with Gasteiger partial charge in [0.1, 0.15) is 5.69 Å². The Morgan fingerprint density at radius 1 is 1.50 bits per heavy atom. The first-order chi connectivity index (χ1) is 8.79. The van der Waals surface area contributed by atoms with Gasteiger partial charge in [0, 0.05) is 18.3 Å². The molecule has 0 aliphatic heterocycles. The van der Waals surface area contributed by atoms with Crippen LogP contribution in [0.5, 0.6) is 0 Å². The van der Waals surface area contributed by atoms with Crippen LogP contribution in [0.2, 0.25) is 0 Å². The molecule has 1 aromatic heterocycles. The number of nitrogens with two attached hydrogens (primary N) is 1. The van der Waals surface area contributed by atoms with Crippen LogP contribution in [0.15, 0.2) is 18.3 Å². The summed E-state index contributed by atoms with van der Waals surface area (Å²) in [5.74, 6) is 6.32. The zero-order valence-corrected chi connectivity index (χ0v) is 10.3. The van der Waals surface area contributed by atoms with Gasteiger partial charge in [0.25, 0.3) is 5.91 Å². The number of hydrogen-bond donors (Lipinski definition) is 2. The summed E-state index contributed by atoms with van der Waals surface area (Å²) in [5.41, 5.74) is 6.49. The van der Waals surface area contributed by atoms with Crippen molar-refractivity contribution >= 4 is 5.91 Å². The van der Waals surface area contributed by atoms with E-state index in [0.717, 1.165) is 24.4 Å². The van der Waals surface area contributed by atoms with E-state index in [1.165, 1.54) is 12.8 Å². The number of hydrogen-bond acceptors (Lipinski definition) is 3. The van der Waals surface area contributed by atoms with Crippen molar-refractivity contribution in [1.29, 1.82) is 0 Å². The number of rotatable bonds is 4. The van der Waals surface area contributed by atoms with Gasteiger partial charge < -0.3 is 11.1 Å². The molecule has 18 heavy (non-hydrogen) atoms. The molecule has 0 unspecified atom stereocenters. The van der Waals surface area contributed by atoms with Crippen molar-refractivity contribution in [2.75, 3.05) is 13.1 Å². The largest absolute Gasteiger partial charge is 0.351 e. The van der Waals surface area contributed by atoms with Crippen LogP contribution in [0.3, 0.4) is 0 Å². The van der Waals surface area contributed by atoms with Gasteiger partial charge in [-0.05, 0) is 24.5 Å². The number of pyridine rings is 1. The molecule has 1 saturated carbocycles. The summed E-state index contributed by atoms with van der Waals surface area (Å²) in [6, 6.07) is 3.47. The van der Waals surface area contributed by atoms with Crippen LogP contribution in [0.1, 0.15) is 35.3 Å². The molecule has 0 bridgehead atoms. The standard InChI is InChI=1S/C14H17N3O/c15-8-1-2-12-5-6-13(17-10-12)14(18)16-9-7-11-3-4-11/h5-6,10-11H,3-4,7-9,15H2,(H,16,18). The minimum Gasteiger partial charge on any atom is -0.351 e. The summed E-state index contributed by atoms with van der Waals surface area (Å²) in [6.45, 7) is 1.06. The first-order valence-electron chi connectivity index (χ1n) is 6.23. The Hall–Kier alpha value is -1.86. The van der Waals surface area contributed by atoms with Gasteiger partial charge in [0.05, 0.1) is 6.54 Å². The highest BCUT2D eigenvalue weighted by Gasteiger charge is 2.20. The van der Waals surface area contributed by atoms with Gasteiger partial charge in [-0.25, -0.2) is 4.98 Å². The maximum absolute atomic E-state index is 11.7. The number of aromatic nitrogens is 1. The molecule has 1 heterocycles. The Kier molecular flexibility index (Phi) is 4.32. The highest BCUT2D eigenvalue weighted by atomic mass is 16.1. The molecule has 0 spiro atoms. The maximum atomic E-state index is 11.7. The average molecular weight is 243 g/mol. The molecule has 2 rings (SSSR count). The Morgan fingerprint density at radius 3 is 2.94 bits per heavy atom. The summed E-state index contributed by atoms with van der Waals surface area (Å²) in [4.78, 5) is 15.8. The van der Waals surface area contributed by atoms with Crippen molar-refractivity contribution in [2.24, 2.45) is 11.7 Å². The van der Waals surface area contributed by atoms with E-state index in [-0.39, 0.29) is 5.91 Å². The van der Waals surface area contributed by atoms with E-state index >= 15 is 0 Å². The molecule has 94 valence electrons. The summed E-state index contributed by atoms with van der Waals surface area (Å²) in [7, 11) is 0. The molecule has 0 aromatic carbocycles. The third-order valence-corrected chi connectivity index (χ3v) is 2.87. The highest BCUT2D eigenvalue weighted by Crippen LogP contribution is 2.31. The van der Waals surface area contributed by atoms with Crippen LogP contribution < -0.4 is 11.1 Å². The second-order valence-electron chi connectivity index (χ2n) is 4.43. The minimum absolute atomic E-state index is 0.117. The first-order valence-corrected chi connectivity index (χ1v) is 6.23. The normalized spacial score (nSPS) is 13.6. The molecule has 4 nitrogen and oxygen atoms in total. The summed E-state index contributed by atoms with van der Waals surface area (Å²) < 4.78 is 0. The van der Waals surface area contributed by atoms with Gasteiger partial charge in [-0.1, -0.05) is 24.7 Å². The number of carbonyl (C=O) groups is 1. The quantitative estimate of drug-likeness (QED) is 0.773. The van der Waals surface area contributed by atoms with Gasteiger partial charge in [-0.3, -0.25) is 4.79 Å². The first kappa shape index (κ1) is 12.6. The van der Waals surface area contributed by atoms with E-state index in [0.29, 0.717) is 12.2 Å². The van der Waals surface area contributed by atoms with Gasteiger partial charge >= 0.3 is 0 Å². The van der Waals surface area contributed by atoms with Crippen molar-refractivity contribution in [2.45, 2.75) is 19.3 Å². The fourth-order valence-corrected chi connectivity index (χ4v) is 1.64. The second-order valence-corrected chi connectivity index (χ2v) is 4.43. The number of nitrogens with one attached hydrogen (secondary N) is 1. The Morgan fingerprint density at radius 2 is 2.33 bits per heavy atom. The minimum atomic E-state index is -0.117. The number of amides is 1. The predicted octanol–water partition coefficient (Wildman–Crippen LogP) is 0.922. The van der Waals surface area contributed by atoms with Crippen molar-refractivity contribution in [1.82, 2.24) is 10.3 Å². The third-order valence-electron chi connectivity index (χ3n) is 2.87. The van der Waals surface area contributed by atoms with Crippen LogP contribution in [0, 0.1) is 17.8 Å². The zero-order chi connectivity index (χ0) is 12.8. The Balaban J connectivity index is 1.85. The smallest absolute Gasteiger partial charge is 0.269 e. The maximum Gasteiger partial charge on any atom is 0.269 e. The van der Waals surface area contributed by atoms with Crippen LogP contribution in [0.25, 0.3) is 0 Å². The lowest BCUT2D eigenvalue weighted by molar-refractivity contribution is 0.0947. The van der Waals surface area contributed by atoms with Crippen molar-refractivity contribution in [3.05, 3.63) is 29.6 Å². The SMILES string of the molecule is NCC#Cc1ccc(C(=O)NCCC2CC2)nc1. The predicted molar refractivity (Wildman–Crippen MR) is 69.8 cm³/mol. The van der Waals surface area contributed by atoms with Gasteiger partial charge in [-0.2, -0.15) is 0 Å². The fourth-order valence-electron chi connectivity index (χ4n) is 1.64. The van der Waals surface area contributed by atoms with Crippen LogP contribution in [-0.2, 0) is 0 Å². The van der Waals surface area contributed by atoms with E-state index in [4.69, 9.17) is 5.73 Å².